The third-order valence-electron chi connectivity index (χ3n) is 6.05. The minimum atomic E-state index is 0.461. The van der Waals surface area contributed by atoms with Crippen LogP contribution < -0.4 is 0 Å². The van der Waals surface area contributed by atoms with Gasteiger partial charge < -0.3 is 0 Å². The maximum Gasteiger partial charge on any atom is -0.0174 e. The van der Waals surface area contributed by atoms with Crippen molar-refractivity contribution in [2.75, 3.05) is 0 Å². The van der Waals surface area contributed by atoms with E-state index >= 15 is 0 Å². The van der Waals surface area contributed by atoms with Crippen molar-refractivity contribution in [3.05, 3.63) is 5.92 Å². The Bertz CT molecular complexity index is 265. The molecule has 0 N–H and O–H groups in total. The van der Waals surface area contributed by atoms with Crippen LogP contribution in [0.25, 0.3) is 0 Å². The third kappa shape index (κ3) is 5.89. The van der Waals surface area contributed by atoms with Crippen LogP contribution in [-0.2, 0) is 0 Å². The summed E-state index contributed by atoms with van der Waals surface area (Å²) in [6.45, 7) is 21.8. The lowest BCUT2D eigenvalue weighted by atomic mass is 9.55. The molecule has 3 atom stereocenters. The second-order valence-electron chi connectivity index (χ2n) is 8.49. The summed E-state index contributed by atoms with van der Waals surface area (Å²) in [7, 11) is 0. The second-order valence-corrected chi connectivity index (χ2v) is 8.49. The average molecular weight is 310 g/mol. The van der Waals surface area contributed by atoms with Gasteiger partial charge in [0.1, 0.15) is 0 Å². The molecule has 0 aliphatic carbocycles. The quantitative estimate of drug-likeness (QED) is 0.343. The molecule has 1 radical (unpaired) electrons. The molecule has 0 rings (SSSR count). The monoisotopic (exact) mass is 309 g/mol. The van der Waals surface area contributed by atoms with Gasteiger partial charge in [0.05, 0.1) is 0 Å². The molecule has 0 aromatic heterocycles. The zero-order valence-corrected chi connectivity index (χ0v) is 17.3. The van der Waals surface area contributed by atoms with E-state index < -0.39 is 0 Å². The molecule has 0 fully saturated rings. The second kappa shape index (κ2) is 10.7. The number of rotatable bonds is 12. The zero-order valence-electron chi connectivity index (χ0n) is 17.3. The average Bonchev–Trinajstić information content (AvgIpc) is 2.46. The molecular formula is C22H45. The van der Waals surface area contributed by atoms with Crippen LogP contribution in [0.5, 0.6) is 0 Å². The lowest BCUT2D eigenvalue weighted by Gasteiger charge is -2.49. The molecule has 22 heavy (non-hydrogen) atoms. The van der Waals surface area contributed by atoms with Crippen LogP contribution in [0.2, 0.25) is 0 Å². The lowest BCUT2D eigenvalue weighted by Crippen LogP contribution is -2.40. The molecule has 3 unspecified atom stereocenters. The van der Waals surface area contributed by atoms with Crippen LogP contribution in [0.1, 0.15) is 107 Å². The predicted molar refractivity (Wildman–Crippen MR) is 103 cm³/mol. The van der Waals surface area contributed by atoms with Gasteiger partial charge in [0.2, 0.25) is 0 Å². The highest BCUT2D eigenvalue weighted by atomic mass is 14.5. The molecule has 0 heteroatoms. The summed E-state index contributed by atoms with van der Waals surface area (Å²) in [5.41, 5.74) is 0.461. The SMILES string of the molecule is CCCCC(CC(C)C)([C](C)C(CCC)C(C)C)C(C)CC. The van der Waals surface area contributed by atoms with Gasteiger partial charge in [0.15, 0.2) is 0 Å². The molecule has 133 valence electrons. The first kappa shape index (κ1) is 22.0. The highest BCUT2D eigenvalue weighted by Crippen LogP contribution is 2.53. The van der Waals surface area contributed by atoms with Crippen LogP contribution in [0.4, 0.5) is 0 Å². The minimum Gasteiger partial charge on any atom is -0.0654 e. The van der Waals surface area contributed by atoms with E-state index in [2.05, 4.69) is 62.3 Å². The van der Waals surface area contributed by atoms with Crippen molar-refractivity contribution in [3.8, 4) is 0 Å². The largest absolute Gasteiger partial charge is 0.0654 e. The van der Waals surface area contributed by atoms with E-state index in [1.54, 1.807) is 0 Å². The molecule has 0 saturated heterocycles. The van der Waals surface area contributed by atoms with Crippen molar-refractivity contribution < 1.29 is 0 Å². The molecule has 0 heterocycles. The van der Waals surface area contributed by atoms with Crippen LogP contribution in [0, 0.1) is 35.0 Å². The van der Waals surface area contributed by atoms with Crippen molar-refractivity contribution in [1.29, 1.82) is 0 Å². The van der Waals surface area contributed by atoms with E-state index in [1.807, 2.05) is 5.92 Å². The Kier molecular flexibility index (Phi) is 10.7. The topological polar surface area (TPSA) is 0 Å². The predicted octanol–water partition coefficient (Wildman–Crippen LogP) is 7.92. The Hall–Kier alpha value is 0. The number of unbranched alkanes of at least 4 members (excludes halogenated alkanes) is 1. The van der Waals surface area contributed by atoms with Gasteiger partial charge in [-0.3, -0.25) is 0 Å². The summed E-state index contributed by atoms with van der Waals surface area (Å²) >= 11 is 0. The summed E-state index contributed by atoms with van der Waals surface area (Å²) in [5, 5.41) is 0. The molecule has 0 aromatic carbocycles. The Morgan fingerprint density at radius 2 is 1.50 bits per heavy atom. The Morgan fingerprint density at radius 3 is 1.86 bits per heavy atom. The fourth-order valence-corrected chi connectivity index (χ4v) is 4.64. The van der Waals surface area contributed by atoms with Crippen molar-refractivity contribution in [1.82, 2.24) is 0 Å². The zero-order chi connectivity index (χ0) is 17.3. The summed E-state index contributed by atoms with van der Waals surface area (Å²) in [6.07, 6.45) is 9.47. The molecule has 0 spiro atoms. The maximum absolute atomic E-state index is 2.52. The highest BCUT2D eigenvalue weighted by molar-refractivity contribution is 5.10. The molecule has 0 saturated carbocycles. The highest BCUT2D eigenvalue weighted by Gasteiger charge is 2.43. The van der Waals surface area contributed by atoms with Crippen LogP contribution in [0.3, 0.4) is 0 Å². The van der Waals surface area contributed by atoms with Gasteiger partial charge in [-0.1, -0.05) is 88.0 Å². The number of hydrogen-bond donors (Lipinski definition) is 0. The molecule has 0 bridgehead atoms. The van der Waals surface area contributed by atoms with Crippen molar-refractivity contribution >= 4 is 0 Å². The fourth-order valence-electron chi connectivity index (χ4n) is 4.64. The van der Waals surface area contributed by atoms with Crippen LogP contribution in [0.15, 0.2) is 0 Å². The van der Waals surface area contributed by atoms with Gasteiger partial charge in [0, 0.05) is 0 Å². The van der Waals surface area contributed by atoms with E-state index in [0.29, 0.717) is 5.41 Å². The molecule has 0 aliphatic rings. The first-order valence-electron chi connectivity index (χ1n) is 10.1. The molecule has 0 amide bonds. The van der Waals surface area contributed by atoms with Gasteiger partial charge >= 0.3 is 0 Å². The molecule has 0 nitrogen and oxygen atoms in total. The summed E-state index contributed by atoms with van der Waals surface area (Å²) in [4.78, 5) is 0. The van der Waals surface area contributed by atoms with Crippen molar-refractivity contribution in [2.45, 2.75) is 107 Å². The van der Waals surface area contributed by atoms with Crippen molar-refractivity contribution in [2.24, 2.45) is 29.1 Å². The van der Waals surface area contributed by atoms with E-state index in [9.17, 15) is 0 Å². The summed E-state index contributed by atoms with van der Waals surface area (Å²) in [6, 6.07) is 0. The van der Waals surface area contributed by atoms with Gasteiger partial charge in [-0.2, -0.15) is 0 Å². The minimum absolute atomic E-state index is 0.461. The fraction of sp³-hybridized carbons (Fsp3) is 0.955. The maximum atomic E-state index is 2.52. The normalized spacial score (nSPS) is 18.0. The smallest absolute Gasteiger partial charge is 0.0174 e. The summed E-state index contributed by atoms with van der Waals surface area (Å²) in [5.74, 6) is 5.00. The Morgan fingerprint density at radius 1 is 0.909 bits per heavy atom. The first-order valence-corrected chi connectivity index (χ1v) is 10.1. The van der Waals surface area contributed by atoms with E-state index in [0.717, 1.165) is 23.7 Å². The van der Waals surface area contributed by atoms with Crippen LogP contribution >= 0.6 is 0 Å². The van der Waals surface area contributed by atoms with Crippen LogP contribution in [-0.4, -0.2) is 0 Å². The van der Waals surface area contributed by atoms with E-state index in [-0.39, 0.29) is 0 Å². The van der Waals surface area contributed by atoms with E-state index in [4.69, 9.17) is 0 Å². The van der Waals surface area contributed by atoms with E-state index in [1.165, 1.54) is 44.9 Å². The standard InChI is InChI=1S/C22H45/c1-10-13-15-22(16-17(4)5,19(8)12-3)20(9)21(14-11-2)18(6)7/h17-19,21H,10-16H2,1-9H3. The summed E-state index contributed by atoms with van der Waals surface area (Å²) < 4.78 is 0. The third-order valence-corrected chi connectivity index (χ3v) is 6.05. The van der Waals surface area contributed by atoms with Gasteiger partial charge in [0.25, 0.3) is 0 Å². The molecule has 0 aromatic rings. The lowest BCUT2D eigenvalue weighted by molar-refractivity contribution is 0.0945. The Balaban J connectivity index is 5.63. The van der Waals surface area contributed by atoms with Gasteiger partial charge in [-0.05, 0) is 54.3 Å². The number of hydrogen-bond acceptors (Lipinski definition) is 0. The molecule has 0 aliphatic heterocycles. The molecular weight excluding hydrogens is 264 g/mol. The first-order chi connectivity index (χ1) is 10.3. The Labute approximate surface area is 142 Å². The van der Waals surface area contributed by atoms with Gasteiger partial charge in [-0.15, -0.1) is 0 Å². The van der Waals surface area contributed by atoms with Crippen molar-refractivity contribution in [3.63, 3.8) is 0 Å². The van der Waals surface area contributed by atoms with Gasteiger partial charge in [-0.25, -0.2) is 0 Å².